The quantitative estimate of drug-likeness (QED) is 0.761. The number of hydrogen-bond donors (Lipinski definition) is 1. The van der Waals surface area contributed by atoms with Gasteiger partial charge in [-0.2, -0.15) is 0 Å². The van der Waals surface area contributed by atoms with Gasteiger partial charge in [-0.05, 0) is 24.1 Å². The van der Waals surface area contributed by atoms with Gasteiger partial charge in [-0.1, -0.05) is 36.4 Å². The maximum Gasteiger partial charge on any atom is 0.251 e. The van der Waals surface area contributed by atoms with Gasteiger partial charge in [0.2, 0.25) is 0 Å². The molecule has 0 aromatic heterocycles. The number of para-hydroxylation sites is 1. The van der Waals surface area contributed by atoms with E-state index in [1.807, 2.05) is 48.5 Å². The molecule has 2 aromatic rings. The van der Waals surface area contributed by atoms with Crippen LogP contribution in [-0.4, -0.2) is 70.0 Å². The van der Waals surface area contributed by atoms with Crippen molar-refractivity contribution in [3.05, 3.63) is 54.1 Å². The van der Waals surface area contributed by atoms with Gasteiger partial charge in [0, 0.05) is 49.3 Å². The lowest BCUT2D eigenvalue weighted by atomic mass is 9.96. The third kappa shape index (κ3) is 4.67. The molecule has 2 heterocycles. The fourth-order valence-corrected chi connectivity index (χ4v) is 4.43. The molecule has 0 aliphatic carbocycles. The average molecular weight is 411 g/mol. The first-order valence-electron chi connectivity index (χ1n) is 10.7. The fourth-order valence-electron chi connectivity index (χ4n) is 4.43. The number of carbonyl (C=O) groups is 1. The van der Waals surface area contributed by atoms with E-state index >= 15 is 0 Å². The number of morpholine rings is 1. The second kappa shape index (κ2) is 10.1. The standard InChI is InChI=1S/C24H30N2O4/c1-28-23-9-5-4-7-20(23)19-6-2-3-8-21(19)24(27)25-16-22(18-10-13-30-17-18)26-11-14-29-15-12-26/h2-9,18,22H,10-17H2,1H3,(H,25,27). The molecule has 2 aliphatic rings. The Kier molecular flexibility index (Phi) is 7.00. The molecule has 2 aromatic carbocycles. The zero-order chi connectivity index (χ0) is 20.8. The molecule has 1 amide bonds. The highest BCUT2D eigenvalue weighted by molar-refractivity contribution is 6.01. The summed E-state index contributed by atoms with van der Waals surface area (Å²) >= 11 is 0. The smallest absolute Gasteiger partial charge is 0.251 e. The summed E-state index contributed by atoms with van der Waals surface area (Å²) in [5.74, 6) is 1.13. The van der Waals surface area contributed by atoms with Crippen molar-refractivity contribution in [1.82, 2.24) is 10.2 Å². The largest absolute Gasteiger partial charge is 0.496 e. The predicted octanol–water partition coefficient (Wildman–Crippen LogP) is 2.83. The van der Waals surface area contributed by atoms with Crippen molar-refractivity contribution in [3.8, 4) is 16.9 Å². The Hall–Kier alpha value is -2.41. The van der Waals surface area contributed by atoms with Gasteiger partial charge in [0.1, 0.15) is 5.75 Å². The van der Waals surface area contributed by atoms with E-state index in [0.717, 1.165) is 62.8 Å². The van der Waals surface area contributed by atoms with E-state index in [1.165, 1.54) is 0 Å². The molecule has 2 fully saturated rings. The van der Waals surface area contributed by atoms with Crippen LogP contribution in [0.5, 0.6) is 5.75 Å². The van der Waals surface area contributed by atoms with Crippen LogP contribution in [0.1, 0.15) is 16.8 Å². The number of carbonyl (C=O) groups excluding carboxylic acids is 1. The molecule has 0 spiro atoms. The minimum Gasteiger partial charge on any atom is -0.496 e. The molecular formula is C24H30N2O4. The topological polar surface area (TPSA) is 60.0 Å². The van der Waals surface area contributed by atoms with Crippen LogP contribution in [0.4, 0.5) is 0 Å². The zero-order valence-corrected chi connectivity index (χ0v) is 17.5. The lowest BCUT2D eigenvalue weighted by molar-refractivity contribution is 0.00166. The van der Waals surface area contributed by atoms with Gasteiger partial charge in [0.25, 0.3) is 5.91 Å². The molecule has 30 heavy (non-hydrogen) atoms. The van der Waals surface area contributed by atoms with Crippen molar-refractivity contribution in [2.24, 2.45) is 5.92 Å². The Labute approximate surface area is 178 Å². The molecule has 6 nitrogen and oxygen atoms in total. The van der Waals surface area contributed by atoms with Crippen molar-refractivity contribution in [2.75, 3.05) is 53.2 Å². The summed E-state index contributed by atoms with van der Waals surface area (Å²) in [6.07, 6.45) is 1.04. The molecule has 2 atom stereocenters. The first kappa shape index (κ1) is 20.8. The molecule has 0 radical (unpaired) electrons. The normalized spacial score (nSPS) is 20.6. The monoisotopic (exact) mass is 410 g/mol. The minimum absolute atomic E-state index is 0.0614. The number of nitrogens with one attached hydrogen (secondary N) is 1. The summed E-state index contributed by atoms with van der Waals surface area (Å²) in [6.45, 7) is 5.45. The van der Waals surface area contributed by atoms with Crippen LogP contribution >= 0.6 is 0 Å². The first-order valence-corrected chi connectivity index (χ1v) is 10.7. The van der Waals surface area contributed by atoms with E-state index < -0.39 is 0 Å². The van der Waals surface area contributed by atoms with Crippen molar-refractivity contribution in [1.29, 1.82) is 0 Å². The molecule has 2 saturated heterocycles. The van der Waals surface area contributed by atoms with Crippen LogP contribution < -0.4 is 10.1 Å². The maximum atomic E-state index is 13.2. The fraction of sp³-hybridized carbons (Fsp3) is 0.458. The second-order valence-corrected chi connectivity index (χ2v) is 7.80. The minimum atomic E-state index is -0.0614. The summed E-state index contributed by atoms with van der Waals surface area (Å²) in [5, 5.41) is 3.20. The van der Waals surface area contributed by atoms with E-state index in [2.05, 4.69) is 10.2 Å². The Balaban J connectivity index is 1.52. The van der Waals surface area contributed by atoms with Gasteiger partial charge in [-0.25, -0.2) is 0 Å². The SMILES string of the molecule is COc1ccccc1-c1ccccc1C(=O)NCC(C1CCOC1)N1CCOCC1. The molecule has 160 valence electrons. The van der Waals surface area contributed by atoms with Gasteiger partial charge in [0.05, 0.1) is 26.9 Å². The molecule has 0 saturated carbocycles. The van der Waals surface area contributed by atoms with Gasteiger partial charge in [-0.3, -0.25) is 9.69 Å². The van der Waals surface area contributed by atoms with Crippen molar-refractivity contribution >= 4 is 5.91 Å². The van der Waals surface area contributed by atoms with Crippen LogP contribution in [0.3, 0.4) is 0 Å². The number of rotatable bonds is 7. The highest BCUT2D eigenvalue weighted by atomic mass is 16.5. The Morgan fingerprint density at radius 3 is 2.53 bits per heavy atom. The van der Waals surface area contributed by atoms with Crippen molar-refractivity contribution in [3.63, 3.8) is 0 Å². The van der Waals surface area contributed by atoms with E-state index in [-0.39, 0.29) is 11.9 Å². The van der Waals surface area contributed by atoms with Crippen molar-refractivity contribution in [2.45, 2.75) is 12.5 Å². The summed E-state index contributed by atoms with van der Waals surface area (Å²) in [5.41, 5.74) is 2.45. The molecule has 6 heteroatoms. The zero-order valence-electron chi connectivity index (χ0n) is 17.5. The number of methoxy groups -OCH3 is 1. The average Bonchev–Trinajstić information content (AvgIpc) is 3.34. The number of nitrogens with zero attached hydrogens (tertiary/aromatic N) is 1. The van der Waals surface area contributed by atoms with Crippen molar-refractivity contribution < 1.29 is 19.0 Å². The summed E-state index contributed by atoms with van der Waals surface area (Å²) in [7, 11) is 1.65. The number of hydrogen-bond acceptors (Lipinski definition) is 5. The van der Waals surface area contributed by atoms with Crippen LogP contribution in [-0.2, 0) is 9.47 Å². The van der Waals surface area contributed by atoms with Gasteiger partial charge in [0.15, 0.2) is 0 Å². The van der Waals surface area contributed by atoms with Crippen LogP contribution in [0.15, 0.2) is 48.5 Å². The lowest BCUT2D eigenvalue weighted by Crippen LogP contribution is -2.52. The van der Waals surface area contributed by atoms with E-state index in [9.17, 15) is 4.79 Å². The number of ether oxygens (including phenoxy) is 3. The number of benzene rings is 2. The molecule has 1 N–H and O–H groups in total. The Morgan fingerprint density at radius 1 is 1.07 bits per heavy atom. The lowest BCUT2D eigenvalue weighted by Gasteiger charge is -2.37. The van der Waals surface area contributed by atoms with E-state index in [4.69, 9.17) is 14.2 Å². The van der Waals surface area contributed by atoms with E-state index in [0.29, 0.717) is 18.0 Å². The van der Waals surface area contributed by atoms with Crippen LogP contribution in [0.25, 0.3) is 11.1 Å². The molecular weight excluding hydrogens is 380 g/mol. The van der Waals surface area contributed by atoms with Crippen LogP contribution in [0.2, 0.25) is 0 Å². The Bertz CT molecular complexity index is 845. The second-order valence-electron chi connectivity index (χ2n) is 7.80. The highest BCUT2D eigenvalue weighted by Crippen LogP contribution is 2.32. The molecule has 2 unspecified atom stereocenters. The van der Waals surface area contributed by atoms with Gasteiger partial charge >= 0.3 is 0 Å². The predicted molar refractivity (Wildman–Crippen MR) is 116 cm³/mol. The maximum absolute atomic E-state index is 13.2. The molecule has 2 aliphatic heterocycles. The highest BCUT2D eigenvalue weighted by Gasteiger charge is 2.32. The summed E-state index contributed by atoms with van der Waals surface area (Å²) < 4.78 is 16.7. The molecule has 4 rings (SSSR count). The van der Waals surface area contributed by atoms with Crippen LogP contribution in [0, 0.1) is 5.92 Å². The summed E-state index contributed by atoms with van der Waals surface area (Å²) in [6, 6.07) is 15.7. The van der Waals surface area contributed by atoms with E-state index in [1.54, 1.807) is 7.11 Å². The summed E-state index contributed by atoms with van der Waals surface area (Å²) in [4.78, 5) is 15.7. The van der Waals surface area contributed by atoms with Gasteiger partial charge < -0.3 is 19.5 Å². The number of amides is 1. The molecule has 0 bridgehead atoms. The first-order chi connectivity index (χ1) is 14.8. The van der Waals surface area contributed by atoms with Gasteiger partial charge in [-0.15, -0.1) is 0 Å². The third-order valence-electron chi connectivity index (χ3n) is 6.06. The Morgan fingerprint density at radius 2 is 1.80 bits per heavy atom. The third-order valence-corrected chi connectivity index (χ3v) is 6.06.